The predicted molar refractivity (Wildman–Crippen MR) is 153 cm³/mol. The third kappa shape index (κ3) is 7.14. The molecule has 0 bridgehead atoms. The number of ether oxygens (including phenoxy) is 1. The average Bonchev–Trinajstić information content (AvgIpc) is 3.19. The molecule has 0 saturated heterocycles. The maximum atomic E-state index is 10.2. The Kier molecular flexibility index (Phi) is 11.0. The highest BCUT2D eigenvalue weighted by atomic mass is 16.7. The van der Waals surface area contributed by atoms with Crippen LogP contribution in [0, 0.1) is 46.3 Å². The molecule has 4 aliphatic carbocycles. The van der Waals surface area contributed by atoms with Gasteiger partial charge in [-0.25, -0.2) is 4.79 Å². The summed E-state index contributed by atoms with van der Waals surface area (Å²) in [4.78, 5) is 9.74. The van der Waals surface area contributed by atoms with Crippen LogP contribution in [0.4, 0.5) is 4.79 Å². The van der Waals surface area contributed by atoms with Gasteiger partial charge in [0.2, 0.25) is 0 Å². The highest BCUT2D eigenvalue weighted by molar-refractivity contribution is 5.56. The van der Waals surface area contributed by atoms with Gasteiger partial charge in [-0.05, 0) is 104 Å². The zero-order valence-corrected chi connectivity index (χ0v) is 24.9. The minimum Gasteiger partial charge on any atom is -0.450 e. The van der Waals surface area contributed by atoms with Crippen molar-refractivity contribution in [1.82, 2.24) is 0 Å². The lowest BCUT2D eigenvalue weighted by atomic mass is 9.47. The fourth-order valence-corrected chi connectivity index (χ4v) is 9.18. The van der Waals surface area contributed by atoms with E-state index in [-0.39, 0.29) is 6.10 Å². The molecule has 3 saturated carbocycles. The van der Waals surface area contributed by atoms with Crippen molar-refractivity contribution < 1.29 is 19.7 Å². The molecule has 0 aromatic heterocycles. The number of allylic oxidation sites excluding steroid dienone is 1. The number of fused-ring (bicyclic) bond motifs is 5. The van der Waals surface area contributed by atoms with Crippen LogP contribution in [0.1, 0.15) is 131 Å². The van der Waals surface area contributed by atoms with E-state index in [0.29, 0.717) is 17.4 Å². The second-order valence-electron chi connectivity index (χ2n) is 14.0. The van der Waals surface area contributed by atoms with Crippen LogP contribution in [0.2, 0.25) is 0 Å². The highest BCUT2D eigenvalue weighted by Crippen LogP contribution is 2.67. The molecule has 3 fully saturated rings. The maximum Gasteiger partial charge on any atom is 0.505 e. The number of carbonyl (C=O) groups is 1. The third-order valence-corrected chi connectivity index (χ3v) is 11.3. The smallest absolute Gasteiger partial charge is 0.450 e. The van der Waals surface area contributed by atoms with E-state index in [4.69, 9.17) is 5.11 Å². The van der Waals surface area contributed by atoms with Gasteiger partial charge in [-0.3, -0.25) is 0 Å². The first-order valence-electron chi connectivity index (χ1n) is 15.8. The van der Waals surface area contributed by atoms with E-state index in [0.717, 1.165) is 67.6 Å². The maximum absolute atomic E-state index is 10.2. The van der Waals surface area contributed by atoms with Crippen LogP contribution in [-0.2, 0) is 4.74 Å². The molecule has 4 aliphatic rings. The van der Waals surface area contributed by atoms with Crippen LogP contribution in [0.5, 0.6) is 0 Å². The topological polar surface area (TPSA) is 66.8 Å². The molecule has 0 aliphatic heterocycles. The summed E-state index contributed by atoms with van der Waals surface area (Å²) in [6.45, 7) is 15.0. The van der Waals surface area contributed by atoms with E-state index in [9.17, 15) is 9.90 Å². The Bertz CT molecular complexity index is 759. The number of aliphatic hydroxyl groups excluding tert-OH is 1. The van der Waals surface area contributed by atoms with Crippen LogP contribution in [0.15, 0.2) is 11.6 Å². The van der Waals surface area contributed by atoms with Gasteiger partial charge in [-0.15, -0.1) is 0 Å². The third-order valence-electron chi connectivity index (χ3n) is 11.3. The van der Waals surface area contributed by atoms with E-state index in [1.54, 1.807) is 5.57 Å². The monoisotopic (exact) mass is 518 g/mol. The minimum absolute atomic E-state index is 0.0766. The predicted octanol–water partition coefficient (Wildman–Crippen LogP) is 9.26. The quantitative estimate of drug-likeness (QED) is 0.181. The molecule has 2 N–H and O–H groups in total. The first kappa shape index (κ1) is 30.5. The molecule has 0 aromatic carbocycles. The molecule has 214 valence electrons. The Hall–Kier alpha value is -1.03. The number of hydrogen-bond donors (Lipinski definition) is 2. The van der Waals surface area contributed by atoms with Crippen molar-refractivity contribution in [1.29, 1.82) is 0 Å². The van der Waals surface area contributed by atoms with Crippen LogP contribution < -0.4 is 0 Å². The summed E-state index contributed by atoms with van der Waals surface area (Å²) in [6.07, 6.45) is 18.9. The van der Waals surface area contributed by atoms with Crippen LogP contribution in [-0.4, -0.2) is 29.1 Å². The summed E-state index contributed by atoms with van der Waals surface area (Å²) in [5.41, 5.74) is 2.60. The molecule has 37 heavy (non-hydrogen) atoms. The Morgan fingerprint density at radius 1 is 1.03 bits per heavy atom. The number of aliphatic hydroxyl groups is 1. The van der Waals surface area contributed by atoms with Crippen molar-refractivity contribution in [2.24, 2.45) is 46.3 Å². The van der Waals surface area contributed by atoms with Gasteiger partial charge in [0, 0.05) is 0 Å². The van der Waals surface area contributed by atoms with E-state index < -0.39 is 6.16 Å². The molecular weight excluding hydrogens is 460 g/mol. The summed E-state index contributed by atoms with van der Waals surface area (Å²) in [7, 11) is 0. The fraction of sp³-hybridized carbons (Fsp3) is 0.909. The van der Waals surface area contributed by atoms with Gasteiger partial charge in [-0.1, -0.05) is 85.3 Å². The standard InChI is InChI=1S/C27H46O.C6H12O3/c1-18(2)7-6-8-19(3)23-11-12-24-22-10-9-20-17-21(28)13-15-26(20,4)25(22)14-16-27(23,24)5;1-2-3-4-5-9-6(7)8/h9,18-19,21-25,28H,6-8,10-17H2,1-5H3;2-5H2,1H3,(H,7,8)/t19?,21-,22-,23+,24-,25-,26-,27+;/m0./s1. The van der Waals surface area contributed by atoms with Crippen LogP contribution >= 0.6 is 0 Å². The molecular formula is C33H58O4. The van der Waals surface area contributed by atoms with Gasteiger partial charge in [-0.2, -0.15) is 0 Å². The van der Waals surface area contributed by atoms with Crippen molar-refractivity contribution in [2.75, 3.05) is 6.61 Å². The van der Waals surface area contributed by atoms with Crippen molar-refractivity contribution in [2.45, 2.75) is 138 Å². The van der Waals surface area contributed by atoms with E-state index >= 15 is 0 Å². The summed E-state index contributed by atoms with van der Waals surface area (Å²) >= 11 is 0. The zero-order valence-electron chi connectivity index (χ0n) is 24.9. The molecule has 1 unspecified atom stereocenters. The summed E-state index contributed by atoms with van der Waals surface area (Å²) < 4.78 is 4.26. The highest BCUT2D eigenvalue weighted by Gasteiger charge is 2.59. The average molecular weight is 519 g/mol. The summed E-state index contributed by atoms with van der Waals surface area (Å²) in [6, 6.07) is 0. The summed E-state index contributed by atoms with van der Waals surface area (Å²) in [5.74, 6) is 5.46. The second kappa shape index (κ2) is 13.4. The van der Waals surface area contributed by atoms with Crippen molar-refractivity contribution >= 4 is 6.16 Å². The Morgan fingerprint density at radius 3 is 2.46 bits per heavy atom. The normalized spacial score (nSPS) is 37.4. The second-order valence-corrected chi connectivity index (χ2v) is 14.0. The molecule has 0 heterocycles. The van der Waals surface area contributed by atoms with E-state index in [1.165, 1.54) is 57.8 Å². The lowest BCUT2D eigenvalue weighted by Crippen LogP contribution is -2.50. The molecule has 4 nitrogen and oxygen atoms in total. The SMILES string of the molecule is CC(C)CCCC(C)[C@H]1CC[C@H]2[C@@H]3CC=C4C[C@@H](O)CC[C@]4(C)[C@H]3CC[C@]12C.CCCCCOC(=O)O. The first-order chi connectivity index (χ1) is 17.5. The zero-order chi connectivity index (χ0) is 27.2. The van der Waals surface area contributed by atoms with Gasteiger partial charge < -0.3 is 14.9 Å². The molecule has 4 heteroatoms. The largest absolute Gasteiger partial charge is 0.505 e. The van der Waals surface area contributed by atoms with Gasteiger partial charge in [0.05, 0.1) is 12.7 Å². The molecule has 0 aromatic rings. The lowest BCUT2D eigenvalue weighted by Gasteiger charge is -2.58. The number of unbranched alkanes of at least 4 members (excludes halogenated alkanes) is 2. The van der Waals surface area contributed by atoms with Gasteiger partial charge in [0.25, 0.3) is 0 Å². The molecule has 0 spiro atoms. The van der Waals surface area contributed by atoms with Crippen LogP contribution in [0.25, 0.3) is 0 Å². The molecule has 8 atom stereocenters. The molecule has 0 radical (unpaired) electrons. The fourth-order valence-electron chi connectivity index (χ4n) is 9.18. The Balaban J connectivity index is 0.000000364. The van der Waals surface area contributed by atoms with Crippen molar-refractivity contribution in [3.05, 3.63) is 11.6 Å². The molecule has 4 rings (SSSR count). The van der Waals surface area contributed by atoms with Crippen molar-refractivity contribution in [3.63, 3.8) is 0 Å². The Labute approximate surface area is 228 Å². The first-order valence-corrected chi connectivity index (χ1v) is 15.8. The van der Waals surface area contributed by atoms with Crippen LogP contribution in [0.3, 0.4) is 0 Å². The minimum atomic E-state index is -1.17. The van der Waals surface area contributed by atoms with Gasteiger partial charge >= 0.3 is 6.16 Å². The van der Waals surface area contributed by atoms with Crippen molar-refractivity contribution in [3.8, 4) is 0 Å². The van der Waals surface area contributed by atoms with E-state index in [1.807, 2.05) is 0 Å². The van der Waals surface area contributed by atoms with Gasteiger partial charge in [0.1, 0.15) is 0 Å². The Morgan fingerprint density at radius 2 is 1.78 bits per heavy atom. The van der Waals surface area contributed by atoms with E-state index in [2.05, 4.69) is 52.4 Å². The van der Waals surface area contributed by atoms with Gasteiger partial charge in [0.15, 0.2) is 0 Å². The lowest BCUT2D eigenvalue weighted by molar-refractivity contribution is -0.0573. The molecule has 0 amide bonds. The number of carboxylic acid groups (broad SMARTS) is 1. The number of hydrogen-bond acceptors (Lipinski definition) is 3. The number of rotatable bonds is 9. The summed E-state index contributed by atoms with van der Waals surface area (Å²) in [5, 5.41) is 18.2.